The highest BCUT2D eigenvalue weighted by atomic mass is 32.2. The summed E-state index contributed by atoms with van der Waals surface area (Å²) in [5.41, 5.74) is -1.29. The monoisotopic (exact) mass is 233 g/mol. The van der Waals surface area contributed by atoms with Gasteiger partial charge >= 0.3 is 5.97 Å². The van der Waals surface area contributed by atoms with E-state index in [9.17, 15) is 13.2 Å². The lowest BCUT2D eigenvalue weighted by Gasteiger charge is -2.24. The van der Waals surface area contributed by atoms with E-state index in [-0.39, 0.29) is 5.75 Å². The zero-order valence-electron chi connectivity index (χ0n) is 8.40. The molecule has 1 saturated carbocycles. The minimum Gasteiger partial charge on any atom is -0.480 e. The van der Waals surface area contributed by atoms with Crippen LogP contribution in [0.1, 0.15) is 25.7 Å². The Balaban J connectivity index is 2.85. The lowest BCUT2D eigenvalue weighted by Crippen LogP contribution is -2.52. The van der Waals surface area contributed by atoms with Crippen molar-refractivity contribution in [2.75, 3.05) is 5.75 Å². The first kappa shape index (κ1) is 12.2. The maximum absolute atomic E-state index is 11.5. The van der Waals surface area contributed by atoms with E-state index in [2.05, 4.69) is 11.3 Å². The van der Waals surface area contributed by atoms with Gasteiger partial charge in [0.1, 0.15) is 5.54 Å². The van der Waals surface area contributed by atoms with E-state index in [1.54, 1.807) is 0 Å². The Labute approximate surface area is 89.2 Å². The van der Waals surface area contributed by atoms with Gasteiger partial charge in [0.15, 0.2) is 0 Å². The van der Waals surface area contributed by atoms with Crippen molar-refractivity contribution in [3.63, 3.8) is 0 Å². The van der Waals surface area contributed by atoms with Crippen molar-refractivity contribution >= 4 is 16.0 Å². The Morgan fingerprint density at radius 1 is 1.47 bits per heavy atom. The molecule has 0 aliphatic heterocycles. The van der Waals surface area contributed by atoms with E-state index in [4.69, 9.17) is 5.11 Å². The fraction of sp³-hybridized carbons (Fsp3) is 0.667. The topological polar surface area (TPSA) is 83.5 Å². The second-order valence-corrected chi connectivity index (χ2v) is 5.53. The third kappa shape index (κ3) is 2.79. The highest BCUT2D eigenvalue weighted by Gasteiger charge is 2.43. The molecule has 0 radical (unpaired) electrons. The molecule has 0 atom stereocenters. The van der Waals surface area contributed by atoms with Crippen molar-refractivity contribution < 1.29 is 18.3 Å². The van der Waals surface area contributed by atoms with Gasteiger partial charge in [-0.3, -0.25) is 4.79 Å². The van der Waals surface area contributed by atoms with Crippen LogP contribution < -0.4 is 4.72 Å². The van der Waals surface area contributed by atoms with Crippen LogP contribution in [0.15, 0.2) is 12.7 Å². The second-order valence-electron chi connectivity index (χ2n) is 3.77. The molecule has 15 heavy (non-hydrogen) atoms. The molecule has 0 aromatic rings. The van der Waals surface area contributed by atoms with Crippen LogP contribution >= 0.6 is 0 Å². The van der Waals surface area contributed by atoms with Gasteiger partial charge in [0, 0.05) is 0 Å². The first-order chi connectivity index (χ1) is 6.92. The molecular formula is C9H15NO4S. The lowest BCUT2D eigenvalue weighted by atomic mass is 10.0. The molecule has 0 bridgehead atoms. The molecule has 0 unspecified atom stereocenters. The van der Waals surface area contributed by atoms with E-state index < -0.39 is 21.5 Å². The van der Waals surface area contributed by atoms with Gasteiger partial charge in [-0.1, -0.05) is 18.9 Å². The number of carboxylic acid groups (broad SMARTS) is 1. The van der Waals surface area contributed by atoms with Crippen molar-refractivity contribution in [2.24, 2.45) is 0 Å². The normalized spacial score (nSPS) is 20.0. The molecule has 0 aromatic carbocycles. The molecule has 6 heteroatoms. The summed E-state index contributed by atoms with van der Waals surface area (Å²) in [4.78, 5) is 11.1. The minimum atomic E-state index is -3.57. The van der Waals surface area contributed by atoms with Crippen LogP contribution in [0.25, 0.3) is 0 Å². The van der Waals surface area contributed by atoms with Crippen LogP contribution in [-0.4, -0.2) is 30.8 Å². The van der Waals surface area contributed by atoms with E-state index in [0.717, 1.165) is 12.8 Å². The average molecular weight is 233 g/mol. The zero-order valence-corrected chi connectivity index (χ0v) is 9.22. The van der Waals surface area contributed by atoms with Gasteiger partial charge in [0.05, 0.1) is 5.75 Å². The number of carboxylic acids is 1. The summed E-state index contributed by atoms with van der Waals surface area (Å²) in [5, 5.41) is 9.04. The van der Waals surface area contributed by atoms with Crippen molar-refractivity contribution in [2.45, 2.75) is 31.2 Å². The van der Waals surface area contributed by atoms with Gasteiger partial charge in [-0.25, -0.2) is 8.42 Å². The summed E-state index contributed by atoms with van der Waals surface area (Å²) in [5.74, 6) is -1.34. The molecule has 5 nitrogen and oxygen atoms in total. The summed E-state index contributed by atoms with van der Waals surface area (Å²) >= 11 is 0. The van der Waals surface area contributed by atoms with Crippen molar-refractivity contribution in [3.8, 4) is 0 Å². The Hall–Kier alpha value is -0.880. The summed E-state index contributed by atoms with van der Waals surface area (Å²) in [6.45, 7) is 3.32. The van der Waals surface area contributed by atoms with Crippen LogP contribution in [0.4, 0.5) is 0 Å². The smallest absolute Gasteiger partial charge is 0.324 e. The Morgan fingerprint density at radius 3 is 2.40 bits per heavy atom. The number of carbonyl (C=O) groups is 1. The van der Waals surface area contributed by atoms with Gasteiger partial charge in [0.25, 0.3) is 0 Å². The zero-order chi connectivity index (χ0) is 11.5. The average Bonchev–Trinajstić information content (AvgIpc) is 2.52. The molecule has 0 saturated heterocycles. The summed E-state index contributed by atoms with van der Waals surface area (Å²) in [6.07, 6.45) is 3.44. The minimum absolute atomic E-state index is 0.248. The molecule has 0 amide bonds. The van der Waals surface area contributed by atoms with Gasteiger partial charge < -0.3 is 5.11 Å². The number of sulfonamides is 1. The highest BCUT2D eigenvalue weighted by molar-refractivity contribution is 7.89. The van der Waals surface area contributed by atoms with Crippen molar-refractivity contribution in [1.29, 1.82) is 0 Å². The predicted molar refractivity (Wildman–Crippen MR) is 56.0 cm³/mol. The van der Waals surface area contributed by atoms with Crippen LogP contribution in [0, 0.1) is 0 Å². The molecular weight excluding hydrogens is 218 g/mol. The van der Waals surface area contributed by atoms with Gasteiger partial charge in [-0.05, 0) is 12.8 Å². The summed E-state index contributed by atoms with van der Waals surface area (Å²) in [7, 11) is -3.57. The van der Waals surface area contributed by atoms with Crippen LogP contribution in [0.5, 0.6) is 0 Å². The maximum Gasteiger partial charge on any atom is 0.324 e. The predicted octanol–water partition coefficient (Wildman–Crippen LogP) is 0.489. The third-order valence-corrected chi connectivity index (χ3v) is 3.93. The largest absolute Gasteiger partial charge is 0.480 e. The molecule has 1 aliphatic carbocycles. The fourth-order valence-corrected chi connectivity index (χ4v) is 3.11. The number of aliphatic carboxylic acids is 1. The van der Waals surface area contributed by atoms with Gasteiger partial charge in [-0.2, -0.15) is 4.72 Å². The van der Waals surface area contributed by atoms with Crippen LogP contribution in [0.3, 0.4) is 0 Å². The molecule has 0 heterocycles. The molecule has 1 aliphatic rings. The first-order valence-corrected chi connectivity index (χ1v) is 6.43. The number of hydrogen-bond donors (Lipinski definition) is 2. The SMILES string of the molecule is C=CCS(=O)(=O)NC1(C(=O)O)CCCC1. The van der Waals surface area contributed by atoms with Crippen LogP contribution in [0.2, 0.25) is 0 Å². The Bertz CT molecular complexity index is 354. The van der Waals surface area contributed by atoms with Gasteiger partial charge in [0.2, 0.25) is 10.0 Å². The highest BCUT2D eigenvalue weighted by Crippen LogP contribution is 2.30. The standard InChI is InChI=1S/C9H15NO4S/c1-2-7-15(13,14)10-9(8(11)12)5-3-4-6-9/h2,10H,1,3-7H2,(H,11,12). The van der Waals surface area contributed by atoms with E-state index in [1.807, 2.05) is 0 Å². The van der Waals surface area contributed by atoms with Crippen molar-refractivity contribution in [1.82, 2.24) is 4.72 Å². The quantitative estimate of drug-likeness (QED) is 0.677. The van der Waals surface area contributed by atoms with E-state index in [0.29, 0.717) is 12.8 Å². The van der Waals surface area contributed by atoms with E-state index in [1.165, 1.54) is 6.08 Å². The molecule has 1 rings (SSSR count). The second kappa shape index (κ2) is 4.32. The molecule has 2 N–H and O–H groups in total. The number of hydrogen-bond acceptors (Lipinski definition) is 3. The van der Waals surface area contributed by atoms with Crippen LogP contribution in [-0.2, 0) is 14.8 Å². The van der Waals surface area contributed by atoms with Gasteiger partial charge in [-0.15, -0.1) is 6.58 Å². The Morgan fingerprint density at radius 2 is 2.00 bits per heavy atom. The number of nitrogens with one attached hydrogen (secondary N) is 1. The molecule has 0 spiro atoms. The first-order valence-electron chi connectivity index (χ1n) is 4.78. The molecule has 1 fully saturated rings. The summed E-state index contributed by atoms with van der Waals surface area (Å²) in [6, 6.07) is 0. The summed E-state index contributed by atoms with van der Waals surface area (Å²) < 4.78 is 25.2. The van der Waals surface area contributed by atoms with E-state index >= 15 is 0 Å². The molecule has 0 aromatic heterocycles. The van der Waals surface area contributed by atoms with Crippen molar-refractivity contribution in [3.05, 3.63) is 12.7 Å². The fourth-order valence-electron chi connectivity index (χ4n) is 1.83. The maximum atomic E-state index is 11.5. The third-order valence-electron chi connectivity index (χ3n) is 2.55. The Kier molecular flexibility index (Phi) is 3.51. The lowest BCUT2D eigenvalue weighted by molar-refractivity contribution is -0.143. The molecule has 86 valence electrons. The number of rotatable bonds is 5.